The maximum Gasteiger partial charge on any atom is 0.330 e. The van der Waals surface area contributed by atoms with E-state index in [2.05, 4.69) is 42.9 Å². The van der Waals surface area contributed by atoms with Crippen LogP contribution in [0.3, 0.4) is 0 Å². The summed E-state index contributed by atoms with van der Waals surface area (Å²) in [5.74, 6) is -0.0227. The van der Waals surface area contributed by atoms with E-state index in [-0.39, 0.29) is 17.0 Å². The number of hydrogen-bond donors (Lipinski definition) is 0. The molecule has 1 aliphatic rings. The quantitative estimate of drug-likeness (QED) is 0.442. The molecule has 3 aromatic heterocycles. The van der Waals surface area contributed by atoms with E-state index in [0.29, 0.717) is 31.0 Å². The molecule has 0 aliphatic carbocycles. The summed E-state index contributed by atoms with van der Waals surface area (Å²) in [6, 6.07) is 14.1. The topological polar surface area (TPSA) is 81.2 Å². The van der Waals surface area contributed by atoms with Crippen molar-refractivity contribution in [1.29, 1.82) is 0 Å². The van der Waals surface area contributed by atoms with E-state index in [0.717, 1.165) is 35.6 Å². The van der Waals surface area contributed by atoms with Gasteiger partial charge in [-0.05, 0) is 35.7 Å². The van der Waals surface area contributed by atoms with Crippen LogP contribution in [0.15, 0.2) is 53.5 Å². The first kappa shape index (κ1) is 23.8. The Bertz CT molecular complexity index is 1480. The fourth-order valence-corrected chi connectivity index (χ4v) is 4.78. The molecule has 9 nitrogen and oxygen atoms in total. The molecule has 188 valence electrons. The maximum atomic E-state index is 12.9. The van der Waals surface area contributed by atoms with Gasteiger partial charge in [0.2, 0.25) is 0 Å². The Balaban J connectivity index is 1.36. The number of aryl methyl sites for hydroxylation is 2. The van der Waals surface area contributed by atoms with E-state index in [1.807, 2.05) is 40.8 Å². The first-order chi connectivity index (χ1) is 17.1. The van der Waals surface area contributed by atoms with E-state index in [1.165, 1.54) is 0 Å². The summed E-state index contributed by atoms with van der Waals surface area (Å²) in [7, 11) is 3.60. The molecular formula is C27H33N7O2. The van der Waals surface area contributed by atoms with Crippen LogP contribution in [0.2, 0.25) is 0 Å². The monoisotopic (exact) mass is 487 g/mol. The van der Waals surface area contributed by atoms with Gasteiger partial charge in [0.1, 0.15) is 5.69 Å². The van der Waals surface area contributed by atoms with Gasteiger partial charge in [-0.1, -0.05) is 32.9 Å². The molecule has 1 saturated heterocycles. The molecule has 0 unspecified atom stereocenters. The molecule has 0 radical (unpaired) electrons. The number of rotatable bonds is 4. The molecule has 0 bridgehead atoms. The van der Waals surface area contributed by atoms with Crippen LogP contribution in [0.5, 0.6) is 0 Å². The number of carbonyl (C=O) groups excluding carboxylic acids is 1. The number of carbonyl (C=O) groups is 1. The summed E-state index contributed by atoms with van der Waals surface area (Å²) >= 11 is 0. The second-order valence-electron chi connectivity index (χ2n) is 10.7. The predicted octanol–water partition coefficient (Wildman–Crippen LogP) is 3.14. The average Bonchev–Trinajstić information content (AvgIpc) is 3.40. The standard InChI is InChI=1S/C27H33N7O2/c1-27(2,3)18-34-23-10-9-21(28-24(23)31(5)26(34)36)19-7-6-8-20(17-19)32-13-15-33(16-14-32)25(35)22-11-12-30(4)29-22/h6-12,17H,13-16,18H2,1-5H3. The molecule has 9 heteroatoms. The lowest BCUT2D eigenvalue weighted by atomic mass is 9.97. The molecular weight excluding hydrogens is 454 g/mol. The largest absolute Gasteiger partial charge is 0.368 e. The van der Waals surface area contributed by atoms with Crippen molar-refractivity contribution in [2.24, 2.45) is 19.5 Å². The highest BCUT2D eigenvalue weighted by Gasteiger charge is 2.24. The molecule has 36 heavy (non-hydrogen) atoms. The first-order valence-corrected chi connectivity index (χ1v) is 12.3. The van der Waals surface area contributed by atoms with E-state index in [4.69, 9.17) is 4.98 Å². The van der Waals surface area contributed by atoms with Gasteiger partial charge in [-0.2, -0.15) is 5.10 Å². The second-order valence-corrected chi connectivity index (χ2v) is 10.7. The van der Waals surface area contributed by atoms with Crippen molar-refractivity contribution in [2.45, 2.75) is 27.3 Å². The molecule has 0 atom stereocenters. The van der Waals surface area contributed by atoms with Crippen molar-refractivity contribution < 1.29 is 4.79 Å². The third kappa shape index (κ3) is 4.53. The number of benzene rings is 1. The van der Waals surface area contributed by atoms with Crippen molar-refractivity contribution in [3.05, 3.63) is 64.8 Å². The van der Waals surface area contributed by atoms with E-state index in [9.17, 15) is 9.59 Å². The fourth-order valence-electron chi connectivity index (χ4n) is 4.78. The number of aromatic nitrogens is 5. The van der Waals surface area contributed by atoms with Gasteiger partial charge in [0, 0.05) is 64.3 Å². The van der Waals surface area contributed by atoms with Crippen LogP contribution in [-0.2, 0) is 20.6 Å². The van der Waals surface area contributed by atoms with Crippen molar-refractivity contribution in [3.63, 3.8) is 0 Å². The van der Waals surface area contributed by atoms with E-state index < -0.39 is 0 Å². The number of nitrogens with zero attached hydrogens (tertiary/aromatic N) is 7. The predicted molar refractivity (Wildman–Crippen MR) is 141 cm³/mol. The normalized spacial score (nSPS) is 14.6. The minimum absolute atomic E-state index is 0.0165. The van der Waals surface area contributed by atoms with Crippen LogP contribution in [0.4, 0.5) is 5.69 Å². The highest BCUT2D eigenvalue weighted by molar-refractivity contribution is 5.92. The van der Waals surface area contributed by atoms with Crippen LogP contribution in [-0.4, -0.2) is 60.9 Å². The summed E-state index contributed by atoms with van der Waals surface area (Å²) in [5, 5.41) is 4.24. The Kier molecular flexibility index (Phi) is 5.94. The Morgan fingerprint density at radius 1 is 1.00 bits per heavy atom. The fraction of sp³-hybridized carbons (Fsp3) is 0.407. The highest BCUT2D eigenvalue weighted by atomic mass is 16.2. The average molecular weight is 488 g/mol. The Morgan fingerprint density at radius 3 is 2.42 bits per heavy atom. The van der Waals surface area contributed by atoms with Gasteiger partial charge in [0.05, 0.1) is 11.2 Å². The zero-order valence-electron chi connectivity index (χ0n) is 21.6. The Hall–Kier alpha value is -3.88. The van der Waals surface area contributed by atoms with Crippen LogP contribution in [0.25, 0.3) is 22.4 Å². The van der Waals surface area contributed by atoms with Crippen molar-refractivity contribution in [3.8, 4) is 11.3 Å². The SMILES string of the molecule is Cn1ccc(C(=O)N2CCN(c3cccc(-c4ccc5c(n4)n(C)c(=O)n5CC(C)(C)C)c3)CC2)n1. The zero-order valence-corrected chi connectivity index (χ0v) is 21.6. The van der Waals surface area contributed by atoms with Crippen LogP contribution in [0, 0.1) is 5.41 Å². The smallest absolute Gasteiger partial charge is 0.330 e. The highest BCUT2D eigenvalue weighted by Crippen LogP contribution is 2.27. The molecule has 1 aliphatic heterocycles. The number of pyridine rings is 1. The van der Waals surface area contributed by atoms with Crippen LogP contribution < -0.4 is 10.6 Å². The van der Waals surface area contributed by atoms with Crippen molar-refractivity contribution in [1.82, 2.24) is 28.8 Å². The molecule has 0 N–H and O–H groups in total. The third-order valence-electron chi connectivity index (χ3n) is 6.62. The van der Waals surface area contributed by atoms with Crippen molar-refractivity contribution >= 4 is 22.8 Å². The summed E-state index contributed by atoms with van der Waals surface area (Å²) in [4.78, 5) is 34.6. The minimum Gasteiger partial charge on any atom is -0.368 e. The number of anilines is 1. The van der Waals surface area contributed by atoms with Gasteiger partial charge in [-0.25, -0.2) is 9.78 Å². The summed E-state index contributed by atoms with van der Waals surface area (Å²) < 4.78 is 5.10. The molecule has 4 heterocycles. The molecule has 1 fully saturated rings. The van der Waals surface area contributed by atoms with Gasteiger partial charge in [-0.3, -0.25) is 18.6 Å². The van der Waals surface area contributed by atoms with Crippen molar-refractivity contribution in [2.75, 3.05) is 31.1 Å². The number of imidazole rings is 1. The van der Waals surface area contributed by atoms with Gasteiger partial charge < -0.3 is 9.80 Å². The summed E-state index contributed by atoms with van der Waals surface area (Å²) in [5.41, 5.74) is 4.89. The van der Waals surface area contributed by atoms with Crippen LogP contribution >= 0.6 is 0 Å². The molecule has 4 aromatic rings. The molecule has 0 spiro atoms. The zero-order chi connectivity index (χ0) is 25.6. The van der Waals surface area contributed by atoms with Gasteiger partial charge in [0.15, 0.2) is 5.65 Å². The minimum atomic E-state index is -0.0450. The molecule has 0 saturated carbocycles. The van der Waals surface area contributed by atoms with E-state index in [1.54, 1.807) is 28.6 Å². The Labute approximate surface area is 210 Å². The lowest BCUT2D eigenvalue weighted by Gasteiger charge is -2.36. The number of fused-ring (bicyclic) bond motifs is 1. The van der Waals surface area contributed by atoms with E-state index >= 15 is 0 Å². The number of piperazine rings is 1. The summed E-state index contributed by atoms with van der Waals surface area (Å²) in [6.07, 6.45) is 1.79. The lowest BCUT2D eigenvalue weighted by molar-refractivity contribution is 0.0740. The molecule has 1 amide bonds. The summed E-state index contributed by atoms with van der Waals surface area (Å²) in [6.45, 7) is 9.80. The first-order valence-electron chi connectivity index (χ1n) is 12.3. The molecule has 1 aromatic carbocycles. The van der Waals surface area contributed by atoms with Gasteiger partial charge in [0.25, 0.3) is 5.91 Å². The van der Waals surface area contributed by atoms with Crippen LogP contribution in [0.1, 0.15) is 31.3 Å². The van der Waals surface area contributed by atoms with Gasteiger partial charge in [-0.15, -0.1) is 0 Å². The Morgan fingerprint density at radius 2 is 1.75 bits per heavy atom. The molecule has 5 rings (SSSR count). The second kappa shape index (κ2) is 8.96. The van der Waals surface area contributed by atoms with Gasteiger partial charge >= 0.3 is 5.69 Å². The number of amides is 1. The lowest BCUT2D eigenvalue weighted by Crippen LogP contribution is -2.48. The maximum absolute atomic E-state index is 12.9. The third-order valence-corrected chi connectivity index (χ3v) is 6.62. The number of hydrogen-bond acceptors (Lipinski definition) is 5.